The first-order valence-electron chi connectivity index (χ1n) is 5.09. The predicted molar refractivity (Wildman–Crippen MR) is 58.0 cm³/mol. The Hall–Kier alpha value is -1.51. The number of ketones is 2. The molecule has 1 rings (SSSR count). The number of aromatic nitrogens is 1. The minimum atomic E-state index is -0.0646. The molecule has 0 aromatic carbocycles. The Morgan fingerprint density at radius 3 is 2.40 bits per heavy atom. The van der Waals surface area contributed by atoms with Crippen LogP contribution in [0.2, 0.25) is 0 Å². The molecule has 80 valence electrons. The van der Waals surface area contributed by atoms with Crippen molar-refractivity contribution in [1.29, 1.82) is 0 Å². The molecule has 1 heterocycles. The number of carbonyl (C=O) groups excluding carboxylic acids is 2. The molecular formula is C12H15NO2. The van der Waals surface area contributed by atoms with Crippen molar-refractivity contribution in [3.05, 3.63) is 29.6 Å². The van der Waals surface area contributed by atoms with Crippen LogP contribution in [0.15, 0.2) is 18.3 Å². The van der Waals surface area contributed by atoms with Gasteiger partial charge in [-0.05, 0) is 12.1 Å². The van der Waals surface area contributed by atoms with Crippen LogP contribution < -0.4 is 0 Å². The average molecular weight is 205 g/mol. The van der Waals surface area contributed by atoms with E-state index in [2.05, 4.69) is 4.98 Å². The van der Waals surface area contributed by atoms with E-state index in [1.165, 1.54) is 6.20 Å². The zero-order valence-corrected chi connectivity index (χ0v) is 9.28. The van der Waals surface area contributed by atoms with Gasteiger partial charge in [0.05, 0.1) is 0 Å². The monoisotopic (exact) mass is 205 g/mol. The van der Waals surface area contributed by atoms with E-state index in [-0.39, 0.29) is 17.5 Å². The van der Waals surface area contributed by atoms with Gasteiger partial charge in [-0.2, -0.15) is 0 Å². The van der Waals surface area contributed by atoms with E-state index in [1.807, 2.05) is 13.8 Å². The Balaban J connectivity index is 2.90. The van der Waals surface area contributed by atoms with Crippen molar-refractivity contribution < 1.29 is 9.59 Å². The zero-order chi connectivity index (χ0) is 11.4. The van der Waals surface area contributed by atoms with Gasteiger partial charge >= 0.3 is 0 Å². The quantitative estimate of drug-likeness (QED) is 0.709. The first kappa shape index (κ1) is 11.6. The summed E-state index contributed by atoms with van der Waals surface area (Å²) in [6.07, 6.45) is 1.93. The minimum Gasteiger partial charge on any atom is -0.294 e. The Morgan fingerprint density at radius 2 is 2.00 bits per heavy atom. The molecule has 3 nitrogen and oxygen atoms in total. The lowest BCUT2D eigenvalue weighted by atomic mass is 10.0. The van der Waals surface area contributed by atoms with Crippen molar-refractivity contribution in [1.82, 2.24) is 4.98 Å². The fourth-order valence-electron chi connectivity index (χ4n) is 1.20. The van der Waals surface area contributed by atoms with Gasteiger partial charge in [0.25, 0.3) is 0 Å². The van der Waals surface area contributed by atoms with Crippen LogP contribution >= 0.6 is 0 Å². The number of rotatable bonds is 4. The summed E-state index contributed by atoms with van der Waals surface area (Å²) in [5.74, 6) is -0.0122. The first-order chi connectivity index (χ1) is 7.06. The van der Waals surface area contributed by atoms with Gasteiger partial charge in [0.15, 0.2) is 11.6 Å². The largest absolute Gasteiger partial charge is 0.294 e. The molecule has 0 aliphatic heterocycles. The van der Waals surface area contributed by atoms with Gasteiger partial charge in [0.2, 0.25) is 0 Å². The Labute approximate surface area is 89.5 Å². The smallest absolute Gasteiger partial charge is 0.183 e. The van der Waals surface area contributed by atoms with Crippen LogP contribution in [0.25, 0.3) is 0 Å². The van der Waals surface area contributed by atoms with Crippen LogP contribution in [0.5, 0.6) is 0 Å². The average Bonchev–Trinajstić information content (AvgIpc) is 2.27. The summed E-state index contributed by atoms with van der Waals surface area (Å²) in [7, 11) is 0. The number of carbonyl (C=O) groups is 2. The molecule has 0 spiro atoms. The molecule has 15 heavy (non-hydrogen) atoms. The van der Waals surface area contributed by atoms with Crippen LogP contribution in [0, 0.1) is 5.92 Å². The van der Waals surface area contributed by atoms with Crippen LogP contribution in [-0.4, -0.2) is 16.6 Å². The third-order valence-electron chi connectivity index (χ3n) is 2.18. The van der Waals surface area contributed by atoms with Gasteiger partial charge in [0.1, 0.15) is 5.69 Å². The summed E-state index contributed by atoms with van der Waals surface area (Å²) in [6.45, 7) is 5.46. The van der Waals surface area contributed by atoms with Gasteiger partial charge in [-0.3, -0.25) is 14.6 Å². The van der Waals surface area contributed by atoms with E-state index in [0.717, 1.165) is 0 Å². The third-order valence-corrected chi connectivity index (χ3v) is 2.18. The lowest BCUT2D eigenvalue weighted by Gasteiger charge is -2.03. The molecule has 0 aliphatic carbocycles. The van der Waals surface area contributed by atoms with Crippen LogP contribution in [0.3, 0.4) is 0 Å². The molecule has 0 aliphatic rings. The molecule has 0 fully saturated rings. The number of Topliss-reactive ketones (excluding diaryl/α,β-unsaturated/α-hetero) is 2. The standard InChI is InChI=1S/C12H15NO2/c1-4-11(14)9-5-6-10(13-7-9)12(15)8(2)3/h5-8H,4H2,1-3H3. The van der Waals surface area contributed by atoms with Crippen molar-refractivity contribution in [2.75, 3.05) is 0 Å². The maximum absolute atomic E-state index is 11.5. The molecule has 0 saturated carbocycles. The van der Waals surface area contributed by atoms with Crippen LogP contribution in [0.1, 0.15) is 48.0 Å². The Bertz CT molecular complexity index is 366. The van der Waals surface area contributed by atoms with E-state index in [4.69, 9.17) is 0 Å². The number of nitrogens with zero attached hydrogens (tertiary/aromatic N) is 1. The molecule has 1 aromatic heterocycles. The highest BCUT2D eigenvalue weighted by atomic mass is 16.1. The maximum atomic E-state index is 11.5. The second-order valence-electron chi connectivity index (χ2n) is 3.73. The topological polar surface area (TPSA) is 47.0 Å². The first-order valence-corrected chi connectivity index (χ1v) is 5.09. The second kappa shape index (κ2) is 4.82. The zero-order valence-electron chi connectivity index (χ0n) is 9.28. The summed E-state index contributed by atoms with van der Waals surface area (Å²) in [6, 6.07) is 3.28. The minimum absolute atomic E-state index is 0.00509. The van der Waals surface area contributed by atoms with E-state index in [9.17, 15) is 9.59 Å². The number of pyridine rings is 1. The van der Waals surface area contributed by atoms with Gasteiger partial charge in [-0.25, -0.2) is 0 Å². The van der Waals surface area contributed by atoms with Gasteiger partial charge in [0, 0.05) is 24.1 Å². The van der Waals surface area contributed by atoms with E-state index < -0.39 is 0 Å². The molecule has 0 bridgehead atoms. The molecule has 0 radical (unpaired) electrons. The lowest BCUT2D eigenvalue weighted by molar-refractivity contribution is 0.0931. The van der Waals surface area contributed by atoms with Crippen molar-refractivity contribution in [3.63, 3.8) is 0 Å². The lowest BCUT2D eigenvalue weighted by Crippen LogP contribution is -2.10. The number of hydrogen-bond acceptors (Lipinski definition) is 3. The van der Waals surface area contributed by atoms with Crippen molar-refractivity contribution in [2.24, 2.45) is 5.92 Å². The molecule has 1 aromatic rings. The summed E-state index contributed by atoms with van der Waals surface area (Å²) in [4.78, 5) is 26.8. The fourth-order valence-corrected chi connectivity index (χ4v) is 1.20. The third kappa shape index (κ3) is 2.72. The Morgan fingerprint density at radius 1 is 1.33 bits per heavy atom. The highest BCUT2D eigenvalue weighted by Gasteiger charge is 2.12. The van der Waals surface area contributed by atoms with Gasteiger partial charge < -0.3 is 0 Å². The summed E-state index contributed by atoms with van der Waals surface area (Å²) in [5, 5.41) is 0. The van der Waals surface area contributed by atoms with E-state index >= 15 is 0 Å². The second-order valence-corrected chi connectivity index (χ2v) is 3.73. The van der Waals surface area contributed by atoms with E-state index in [0.29, 0.717) is 17.7 Å². The van der Waals surface area contributed by atoms with Gasteiger partial charge in [-0.15, -0.1) is 0 Å². The highest BCUT2D eigenvalue weighted by Crippen LogP contribution is 2.08. The predicted octanol–water partition coefficient (Wildman–Crippen LogP) is 2.51. The molecular weight excluding hydrogens is 190 g/mol. The number of hydrogen-bond donors (Lipinski definition) is 0. The summed E-state index contributed by atoms with van der Waals surface area (Å²) in [5.41, 5.74) is 0.996. The normalized spacial score (nSPS) is 10.4. The molecule has 0 saturated heterocycles. The van der Waals surface area contributed by atoms with Crippen LogP contribution in [-0.2, 0) is 0 Å². The molecule has 3 heteroatoms. The van der Waals surface area contributed by atoms with Crippen molar-refractivity contribution >= 4 is 11.6 Å². The van der Waals surface area contributed by atoms with Crippen molar-refractivity contribution in [3.8, 4) is 0 Å². The Kier molecular flexibility index (Phi) is 3.72. The molecule has 0 unspecified atom stereocenters. The maximum Gasteiger partial charge on any atom is 0.183 e. The summed E-state index contributed by atoms with van der Waals surface area (Å²) >= 11 is 0. The highest BCUT2D eigenvalue weighted by molar-refractivity contribution is 5.98. The van der Waals surface area contributed by atoms with Gasteiger partial charge in [-0.1, -0.05) is 20.8 Å². The fraction of sp³-hybridized carbons (Fsp3) is 0.417. The van der Waals surface area contributed by atoms with Crippen LogP contribution in [0.4, 0.5) is 0 Å². The molecule has 0 amide bonds. The summed E-state index contributed by atoms with van der Waals surface area (Å²) < 4.78 is 0. The molecule has 0 atom stereocenters. The van der Waals surface area contributed by atoms with E-state index in [1.54, 1.807) is 19.1 Å². The van der Waals surface area contributed by atoms with Crippen molar-refractivity contribution in [2.45, 2.75) is 27.2 Å². The molecule has 0 N–H and O–H groups in total. The SMILES string of the molecule is CCC(=O)c1ccc(C(=O)C(C)C)nc1.